The molecular weight excluding hydrogens is 330 g/mol. The van der Waals surface area contributed by atoms with Gasteiger partial charge in [0.15, 0.2) is 5.43 Å². The van der Waals surface area contributed by atoms with Gasteiger partial charge >= 0.3 is 0 Å². The van der Waals surface area contributed by atoms with Gasteiger partial charge in [-0.15, -0.1) is 0 Å². The Kier molecular flexibility index (Phi) is 4.05. The van der Waals surface area contributed by atoms with E-state index in [2.05, 4.69) is 9.88 Å². The van der Waals surface area contributed by atoms with E-state index in [-0.39, 0.29) is 11.1 Å². The van der Waals surface area contributed by atoms with Crippen LogP contribution in [0.2, 0.25) is 0 Å². The van der Waals surface area contributed by atoms with Gasteiger partial charge < -0.3 is 4.98 Å². The summed E-state index contributed by atoms with van der Waals surface area (Å²) >= 11 is 0. The number of aryl methyl sites for hydroxylation is 1. The van der Waals surface area contributed by atoms with Crippen LogP contribution in [0.15, 0.2) is 47.3 Å². The van der Waals surface area contributed by atoms with Crippen LogP contribution in [0, 0.1) is 17.0 Å². The van der Waals surface area contributed by atoms with E-state index < -0.39 is 4.92 Å². The number of H-pyrrole nitrogens is 1. The minimum absolute atomic E-state index is 0.0935. The number of non-ortho nitro benzene ring substituents is 1. The van der Waals surface area contributed by atoms with Gasteiger partial charge in [0, 0.05) is 60.3 Å². The van der Waals surface area contributed by atoms with Gasteiger partial charge in [-0.05, 0) is 24.6 Å². The summed E-state index contributed by atoms with van der Waals surface area (Å²) in [6.45, 7) is 4.09. The standard InChI is InChI=1S/C20H19N3O3/c1-13-2-7-18-16(10-13)20(24)17-12-22(9-8-19(17)21-18)11-14-3-5-15(6-4-14)23(25)26/h2-7,10H,8-9,11-12H2,1H3,(H,21,24). The molecule has 0 unspecified atom stereocenters. The van der Waals surface area contributed by atoms with Crippen LogP contribution in [0.4, 0.5) is 5.69 Å². The molecule has 1 aliphatic heterocycles. The van der Waals surface area contributed by atoms with Gasteiger partial charge in [0.2, 0.25) is 0 Å². The van der Waals surface area contributed by atoms with Crippen molar-refractivity contribution in [3.8, 4) is 0 Å². The molecule has 0 bridgehead atoms. The number of nitrogens with zero attached hydrogens (tertiary/aromatic N) is 2. The minimum Gasteiger partial charge on any atom is -0.358 e. The number of hydrogen-bond donors (Lipinski definition) is 1. The summed E-state index contributed by atoms with van der Waals surface area (Å²) in [5, 5.41) is 11.5. The molecule has 1 N–H and O–H groups in total. The Morgan fingerprint density at radius 2 is 1.96 bits per heavy atom. The predicted molar refractivity (Wildman–Crippen MR) is 100 cm³/mol. The smallest absolute Gasteiger partial charge is 0.269 e. The van der Waals surface area contributed by atoms with E-state index in [1.54, 1.807) is 12.1 Å². The highest BCUT2D eigenvalue weighted by Crippen LogP contribution is 2.21. The highest BCUT2D eigenvalue weighted by atomic mass is 16.6. The molecule has 2 aromatic carbocycles. The second-order valence-corrected chi connectivity index (χ2v) is 6.84. The van der Waals surface area contributed by atoms with E-state index in [4.69, 9.17) is 0 Å². The first kappa shape index (κ1) is 16.5. The van der Waals surface area contributed by atoms with Crippen molar-refractivity contribution in [1.82, 2.24) is 9.88 Å². The van der Waals surface area contributed by atoms with Gasteiger partial charge in [-0.25, -0.2) is 0 Å². The largest absolute Gasteiger partial charge is 0.358 e. The first-order valence-corrected chi connectivity index (χ1v) is 8.61. The lowest BCUT2D eigenvalue weighted by atomic mass is 10.0. The molecule has 6 nitrogen and oxygen atoms in total. The molecule has 1 aromatic heterocycles. The number of pyridine rings is 1. The van der Waals surface area contributed by atoms with Gasteiger partial charge in [-0.1, -0.05) is 23.8 Å². The molecule has 0 radical (unpaired) electrons. The summed E-state index contributed by atoms with van der Waals surface area (Å²) in [5.41, 5.74) is 5.02. The Morgan fingerprint density at radius 3 is 2.69 bits per heavy atom. The number of rotatable bonds is 3. The summed E-state index contributed by atoms with van der Waals surface area (Å²) in [5.74, 6) is 0. The number of aromatic nitrogens is 1. The maximum atomic E-state index is 12.9. The molecule has 26 heavy (non-hydrogen) atoms. The van der Waals surface area contributed by atoms with Crippen LogP contribution in [0.25, 0.3) is 10.9 Å². The van der Waals surface area contributed by atoms with E-state index in [0.717, 1.165) is 46.3 Å². The topological polar surface area (TPSA) is 79.2 Å². The summed E-state index contributed by atoms with van der Waals surface area (Å²) in [6, 6.07) is 12.5. The Hall–Kier alpha value is -2.99. The van der Waals surface area contributed by atoms with Gasteiger partial charge in [0.25, 0.3) is 5.69 Å². The molecule has 0 saturated heterocycles. The van der Waals surface area contributed by atoms with Crippen LogP contribution < -0.4 is 5.43 Å². The molecule has 2 heterocycles. The van der Waals surface area contributed by atoms with Crippen LogP contribution in [0.5, 0.6) is 0 Å². The number of nitrogens with one attached hydrogen (secondary N) is 1. The molecule has 1 aliphatic rings. The van der Waals surface area contributed by atoms with Gasteiger partial charge in [-0.2, -0.15) is 0 Å². The first-order chi connectivity index (χ1) is 12.5. The van der Waals surface area contributed by atoms with Crippen molar-refractivity contribution in [2.24, 2.45) is 0 Å². The number of aromatic amines is 1. The van der Waals surface area contributed by atoms with Crippen molar-refractivity contribution in [1.29, 1.82) is 0 Å². The molecule has 0 fully saturated rings. The van der Waals surface area contributed by atoms with Crippen molar-refractivity contribution in [3.63, 3.8) is 0 Å². The Balaban J connectivity index is 1.61. The molecule has 0 spiro atoms. The van der Waals surface area contributed by atoms with E-state index in [9.17, 15) is 14.9 Å². The average molecular weight is 349 g/mol. The lowest BCUT2D eigenvalue weighted by molar-refractivity contribution is -0.384. The predicted octanol–water partition coefficient (Wildman–Crippen LogP) is 3.30. The normalized spacial score (nSPS) is 14.3. The van der Waals surface area contributed by atoms with Crippen LogP contribution in [0.1, 0.15) is 22.4 Å². The molecule has 0 aliphatic carbocycles. The van der Waals surface area contributed by atoms with Crippen LogP contribution in [-0.2, 0) is 19.5 Å². The minimum atomic E-state index is -0.395. The van der Waals surface area contributed by atoms with Crippen molar-refractivity contribution < 1.29 is 4.92 Å². The first-order valence-electron chi connectivity index (χ1n) is 8.61. The molecule has 3 aromatic rings. The molecule has 4 rings (SSSR count). The average Bonchev–Trinajstić information content (AvgIpc) is 2.63. The maximum Gasteiger partial charge on any atom is 0.269 e. The fraction of sp³-hybridized carbons (Fsp3) is 0.250. The molecule has 6 heteroatoms. The van der Waals surface area contributed by atoms with E-state index >= 15 is 0 Å². The molecule has 0 amide bonds. The lowest BCUT2D eigenvalue weighted by Crippen LogP contribution is -2.34. The van der Waals surface area contributed by atoms with Gasteiger partial charge in [0.05, 0.1) is 4.92 Å². The van der Waals surface area contributed by atoms with Crippen LogP contribution in [-0.4, -0.2) is 21.4 Å². The highest BCUT2D eigenvalue weighted by Gasteiger charge is 2.21. The van der Waals surface area contributed by atoms with Gasteiger partial charge in [0.1, 0.15) is 0 Å². The Morgan fingerprint density at radius 1 is 1.19 bits per heavy atom. The van der Waals surface area contributed by atoms with Crippen molar-refractivity contribution >= 4 is 16.6 Å². The third kappa shape index (κ3) is 2.99. The number of fused-ring (bicyclic) bond motifs is 2. The third-order valence-electron chi connectivity index (χ3n) is 4.96. The summed E-state index contributed by atoms with van der Waals surface area (Å²) in [4.78, 5) is 28.9. The zero-order valence-electron chi connectivity index (χ0n) is 14.5. The molecule has 132 valence electrons. The van der Waals surface area contributed by atoms with E-state index in [0.29, 0.717) is 13.1 Å². The van der Waals surface area contributed by atoms with E-state index in [1.807, 2.05) is 25.1 Å². The van der Waals surface area contributed by atoms with E-state index in [1.165, 1.54) is 12.1 Å². The fourth-order valence-electron chi connectivity index (χ4n) is 3.56. The lowest BCUT2D eigenvalue weighted by Gasteiger charge is -2.28. The highest BCUT2D eigenvalue weighted by molar-refractivity contribution is 5.80. The molecular formula is C20H19N3O3. The summed E-state index contributed by atoms with van der Waals surface area (Å²) in [7, 11) is 0. The summed E-state index contributed by atoms with van der Waals surface area (Å²) in [6.07, 6.45) is 0.793. The van der Waals surface area contributed by atoms with Crippen molar-refractivity contribution in [2.75, 3.05) is 6.54 Å². The number of benzene rings is 2. The van der Waals surface area contributed by atoms with Gasteiger partial charge in [-0.3, -0.25) is 19.8 Å². The number of nitro benzene ring substituents is 1. The SMILES string of the molecule is Cc1ccc2[nH]c3c(c(=O)c2c1)CN(Cc1ccc([N+](=O)[O-])cc1)CC3. The second-order valence-electron chi connectivity index (χ2n) is 6.84. The Labute approximate surface area is 150 Å². The number of hydrogen-bond acceptors (Lipinski definition) is 4. The number of nitro groups is 1. The summed E-state index contributed by atoms with van der Waals surface area (Å²) < 4.78 is 0. The monoisotopic (exact) mass is 349 g/mol. The second kappa shape index (κ2) is 6.38. The maximum absolute atomic E-state index is 12.9. The molecule has 0 atom stereocenters. The van der Waals surface area contributed by atoms with Crippen LogP contribution in [0.3, 0.4) is 0 Å². The third-order valence-corrected chi connectivity index (χ3v) is 4.96. The zero-order chi connectivity index (χ0) is 18.3. The van der Waals surface area contributed by atoms with Crippen LogP contribution >= 0.6 is 0 Å². The van der Waals surface area contributed by atoms with Crippen molar-refractivity contribution in [2.45, 2.75) is 26.4 Å². The fourth-order valence-corrected chi connectivity index (χ4v) is 3.56. The van der Waals surface area contributed by atoms with Crippen molar-refractivity contribution in [3.05, 3.63) is 85.2 Å². The quantitative estimate of drug-likeness (QED) is 0.581. The Bertz CT molecular complexity index is 1050. The molecule has 0 saturated carbocycles. The zero-order valence-corrected chi connectivity index (χ0v) is 14.5.